The zero-order valence-electron chi connectivity index (χ0n) is 11.7. The van der Waals surface area contributed by atoms with Gasteiger partial charge in [-0.1, -0.05) is 48.5 Å². The lowest BCUT2D eigenvalue weighted by atomic mass is 9.93. The molecule has 1 aliphatic rings. The minimum absolute atomic E-state index is 0.0760. The van der Waals surface area contributed by atoms with Crippen LogP contribution in [0.4, 0.5) is 5.69 Å². The summed E-state index contributed by atoms with van der Waals surface area (Å²) in [6.45, 7) is 1.01. The van der Waals surface area contributed by atoms with Gasteiger partial charge in [-0.3, -0.25) is 9.63 Å². The molecule has 1 atom stereocenters. The Morgan fingerprint density at radius 3 is 2.76 bits per heavy atom. The first-order valence-electron chi connectivity index (χ1n) is 7.10. The van der Waals surface area contributed by atoms with Crippen LogP contribution in [0.1, 0.15) is 11.1 Å². The summed E-state index contributed by atoms with van der Waals surface area (Å²) in [4.78, 5) is 17.4. The summed E-state index contributed by atoms with van der Waals surface area (Å²) >= 11 is 0. The van der Waals surface area contributed by atoms with Gasteiger partial charge in [-0.2, -0.15) is 0 Å². The maximum absolute atomic E-state index is 12.1. The smallest absolute Gasteiger partial charge is 0.248 e. The van der Waals surface area contributed by atoms with Crippen molar-refractivity contribution in [2.75, 3.05) is 11.9 Å². The van der Waals surface area contributed by atoms with Gasteiger partial charge in [0.2, 0.25) is 5.91 Å². The number of benzene rings is 2. The molecule has 1 amide bonds. The fourth-order valence-electron chi connectivity index (χ4n) is 2.48. The highest BCUT2D eigenvalue weighted by atomic mass is 16.6. The van der Waals surface area contributed by atoms with Crippen LogP contribution in [-0.4, -0.2) is 12.5 Å². The number of carbonyl (C=O) groups is 1. The number of amides is 1. The van der Waals surface area contributed by atoms with Crippen LogP contribution in [0.15, 0.2) is 54.6 Å². The van der Waals surface area contributed by atoms with Gasteiger partial charge in [-0.25, -0.2) is 5.48 Å². The van der Waals surface area contributed by atoms with Crippen LogP contribution < -0.4 is 10.8 Å². The first-order chi connectivity index (χ1) is 10.3. The van der Waals surface area contributed by atoms with Crippen molar-refractivity contribution in [1.29, 1.82) is 0 Å². The Kier molecular flexibility index (Phi) is 4.17. The third kappa shape index (κ3) is 3.41. The molecular formula is C17H18N2O2. The molecule has 0 saturated carbocycles. The first kappa shape index (κ1) is 13.6. The molecule has 3 rings (SSSR count). The van der Waals surface area contributed by atoms with Gasteiger partial charge in [-0.15, -0.1) is 0 Å². The van der Waals surface area contributed by atoms with E-state index in [2.05, 4.69) is 10.8 Å². The van der Waals surface area contributed by atoms with Crippen molar-refractivity contribution < 1.29 is 9.63 Å². The second-order valence-electron chi connectivity index (χ2n) is 5.18. The zero-order chi connectivity index (χ0) is 14.5. The molecule has 1 heterocycles. The van der Waals surface area contributed by atoms with Crippen molar-refractivity contribution in [3.8, 4) is 0 Å². The number of carbonyl (C=O) groups excluding carboxylic acids is 1. The van der Waals surface area contributed by atoms with Crippen LogP contribution in [0.2, 0.25) is 0 Å². The highest BCUT2D eigenvalue weighted by Gasteiger charge is 2.24. The molecule has 4 nitrogen and oxygen atoms in total. The van der Waals surface area contributed by atoms with E-state index in [0.717, 1.165) is 17.7 Å². The molecule has 1 aliphatic heterocycles. The van der Waals surface area contributed by atoms with Crippen LogP contribution in [0.25, 0.3) is 0 Å². The Bertz CT molecular complexity index is 613. The number of fused-ring (bicyclic) bond motifs is 1. The van der Waals surface area contributed by atoms with Gasteiger partial charge in [0.05, 0.1) is 12.5 Å². The highest BCUT2D eigenvalue weighted by Crippen LogP contribution is 2.24. The molecule has 0 aromatic heterocycles. The number of para-hydroxylation sites is 1. The maximum Gasteiger partial charge on any atom is 0.248 e. The Morgan fingerprint density at radius 2 is 1.90 bits per heavy atom. The Balaban J connectivity index is 1.50. The molecule has 21 heavy (non-hydrogen) atoms. The molecule has 2 aromatic carbocycles. The minimum atomic E-state index is -0.101. The molecule has 2 aromatic rings. The average molecular weight is 282 g/mol. The monoisotopic (exact) mass is 282 g/mol. The number of nitrogens with one attached hydrogen (secondary N) is 2. The van der Waals surface area contributed by atoms with Crippen molar-refractivity contribution >= 4 is 11.6 Å². The molecule has 4 heteroatoms. The lowest BCUT2D eigenvalue weighted by Crippen LogP contribution is -2.38. The van der Waals surface area contributed by atoms with Gasteiger partial charge < -0.3 is 5.32 Å². The van der Waals surface area contributed by atoms with Crippen molar-refractivity contribution in [2.24, 2.45) is 5.92 Å². The molecule has 2 N–H and O–H groups in total. The largest absolute Gasteiger partial charge is 0.384 e. The third-order valence-electron chi connectivity index (χ3n) is 3.65. The summed E-state index contributed by atoms with van der Waals surface area (Å²) in [6, 6.07) is 17.8. The van der Waals surface area contributed by atoms with Gasteiger partial charge in [0, 0.05) is 12.2 Å². The van der Waals surface area contributed by atoms with Gasteiger partial charge in [0.1, 0.15) is 0 Å². The van der Waals surface area contributed by atoms with Gasteiger partial charge in [0.25, 0.3) is 0 Å². The number of hydroxylamine groups is 1. The van der Waals surface area contributed by atoms with E-state index in [4.69, 9.17) is 4.84 Å². The molecule has 0 spiro atoms. The van der Waals surface area contributed by atoms with Gasteiger partial charge in [-0.05, 0) is 23.6 Å². The van der Waals surface area contributed by atoms with E-state index >= 15 is 0 Å². The fraction of sp³-hybridized carbons (Fsp3) is 0.235. The SMILES string of the molecule is O=C(NOCc1ccccc1)C1CNc2ccccc2C1. The average Bonchev–Trinajstić information content (AvgIpc) is 2.55. The summed E-state index contributed by atoms with van der Waals surface area (Å²) in [5.74, 6) is -0.177. The summed E-state index contributed by atoms with van der Waals surface area (Å²) in [5.41, 5.74) is 5.88. The number of anilines is 1. The summed E-state index contributed by atoms with van der Waals surface area (Å²) in [7, 11) is 0. The number of hydrogen-bond acceptors (Lipinski definition) is 3. The molecular weight excluding hydrogens is 264 g/mol. The molecule has 0 fully saturated rings. The Labute approximate surface area is 124 Å². The Morgan fingerprint density at radius 1 is 1.14 bits per heavy atom. The molecule has 0 radical (unpaired) electrons. The van der Waals surface area contributed by atoms with E-state index < -0.39 is 0 Å². The number of hydrogen-bond donors (Lipinski definition) is 2. The highest BCUT2D eigenvalue weighted by molar-refractivity contribution is 5.79. The predicted molar refractivity (Wildman–Crippen MR) is 81.5 cm³/mol. The van der Waals surface area contributed by atoms with Gasteiger partial charge in [0.15, 0.2) is 0 Å². The van der Waals surface area contributed by atoms with E-state index in [1.807, 2.05) is 54.6 Å². The maximum atomic E-state index is 12.1. The topological polar surface area (TPSA) is 50.4 Å². The van der Waals surface area contributed by atoms with Crippen molar-refractivity contribution in [2.45, 2.75) is 13.0 Å². The molecule has 108 valence electrons. The third-order valence-corrected chi connectivity index (χ3v) is 3.65. The minimum Gasteiger partial charge on any atom is -0.384 e. The molecule has 0 aliphatic carbocycles. The number of rotatable bonds is 4. The zero-order valence-corrected chi connectivity index (χ0v) is 11.7. The van der Waals surface area contributed by atoms with E-state index in [1.54, 1.807) is 0 Å². The van der Waals surface area contributed by atoms with Crippen LogP contribution in [-0.2, 0) is 22.7 Å². The van der Waals surface area contributed by atoms with Crippen molar-refractivity contribution in [1.82, 2.24) is 5.48 Å². The molecule has 0 bridgehead atoms. The summed E-state index contributed by atoms with van der Waals surface area (Å²) in [5, 5.41) is 3.29. The Hall–Kier alpha value is -2.33. The predicted octanol–water partition coefficient (Wildman–Crippen LogP) is 2.52. The summed E-state index contributed by atoms with van der Waals surface area (Å²) < 4.78 is 0. The van der Waals surface area contributed by atoms with Crippen LogP contribution in [0.5, 0.6) is 0 Å². The van der Waals surface area contributed by atoms with E-state index in [0.29, 0.717) is 13.2 Å². The lowest BCUT2D eigenvalue weighted by Gasteiger charge is -2.25. The molecule has 1 unspecified atom stereocenters. The van der Waals surface area contributed by atoms with Crippen LogP contribution in [0, 0.1) is 5.92 Å². The van der Waals surface area contributed by atoms with E-state index in [1.165, 1.54) is 5.56 Å². The van der Waals surface area contributed by atoms with E-state index in [9.17, 15) is 4.79 Å². The lowest BCUT2D eigenvalue weighted by molar-refractivity contribution is -0.138. The standard InChI is InChI=1S/C17H18N2O2/c20-17(19-21-12-13-6-2-1-3-7-13)15-10-14-8-4-5-9-16(14)18-11-15/h1-9,15,18H,10-12H2,(H,19,20). The van der Waals surface area contributed by atoms with E-state index in [-0.39, 0.29) is 11.8 Å². The second-order valence-corrected chi connectivity index (χ2v) is 5.18. The first-order valence-corrected chi connectivity index (χ1v) is 7.10. The fourth-order valence-corrected chi connectivity index (χ4v) is 2.48. The van der Waals surface area contributed by atoms with Gasteiger partial charge >= 0.3 is 0 Å². The van der Waals surface area contributed by atoms with Crippen LogP contribution in [0.3, 0.4) is 0 Å². The summed E-state index contributed by atoms with van der Waals surface area (Å²) in [6.07, 6.45) is 0.740. The van der Waals surface area contributed by atoms with Crippen molar-refractivity contribution in [3.05, 3.63) is 65.7 Å². The molecule has 0 saturated heterocycles. The normalized spacial score (nSPS) is 16.7. The van der Waals surface area contributed by atoms with Crippen LogP contribution >= 0.6 is 0 Å². The quantitative estimate of drug-likeness (QED) is 0.847. The van der Waals surface area contributed by atoms with Crippen molar-refractivity contribution in [3.63, 3.8) is 0 Å². The second kappa shape index (κ2) is 6.41.